The predicted molar refractivity (Wildman–Crippen MR) is 46.2 cm³/mol. The van der Waals surface area contributed by atoms with E-state index in [2.05, 4.69) is 4.74 Å². The summed E-state index contributed by atoms with van der Waals surface area (Å²) < 4.78 is 9.95. The lowest BCUT2D eigenvalue weighted by Gasteiger charge is -2.36. The zero-order valence-corrected chi connectivity index (χ0v) is 8.24. The van der Waals surface area contributed by atoms with E-state index in [1.54, 1.807) is 0 Å². The van der Waals surface area contributed by atoms with Crippen LogP contribution in [0.3, 0.4) is 0 Å². The Hall–Kier alpha value is -0.610. The molecule has 13 heavy (non-hydrogen) atoms. The highest BCUT2D eigenvalue weighted by Crippen LogP contribution is 2.29. The van der Waals surface area contributed by atoms with Crippen LogP contribution in [0.1, 0.15) is 26.7 Å². The Bertz CT molecular complexity index is 192. The first-order valence-corrected chi connectivity index (χ1v) is 4.44. The van der Waals surface area contributed by atoms with Gasteiger partial charge in [0.15, 0.2) is 5.60 Å². The lowest BCUT2D eigenvalue weighted by Crippen LogP contribution is -2.49. The maximum atomic E-state index is 11.3. The Kier molecular flexibility index (Phi) is 2.93. The number of ether oxygens (including phenoxy) is 2. The zero-order chi connectivity index (χ0) is 10.1. The summed E-state index contributed by atoms with van der Waals surface area (Å²) >= 11 is 0. The van der Waals surface area contributed by atoms with Crippen LogP contribution in [0.5, 0.6) is 0 Å². The van der Waals surface area contributed by atoms with Crippen LogP contribution in [0.2, 0.25) is 0 Å². The van der Waals surface area contributed by atoms with Crippen LogP contribution in [0.25, 0.3) is 0 Å². The van der Waals surface area contributed by atoms with Crippen molar-refractivity contribution < 1.29 is 19.4 Å². The highest BCUT2D eigenvalue weighted by Gasteiger charge is 2.43. The fourth-order valence-corrected chi connectivity index (χ4v) is 1.88. The van der Waals surface area contributed by atoms with E-state index < -0.39 is 11.6 Å². The van der Waals surface area contributed by atoms with Gasteiger partial charge in [0, 0.05) is 12.8 Å². The first-order valence-electron chi connectivity index (χ1n) is 4.44. The molecule has 0 saturated carbocycles. The second-order valence-electron chi connectivity index (χ2n) is 3.69. The molecule has 0 aromatic rings. The van der Waals surface area contributed by atoms with Crippen LogP contribution in [-0.2, 0) is 14.3 Å². The van der Waals surface area contributed by atoms with Crippen molar-refractivity contribution in [2.45, 2.75) is 44.5 Å². The summed E-state index contributed by atoms with van der Waals surface area (Å²) in [7, 11) is 1.28. The number of rotatable bonds is 1. The van der Waals surface area contributed by atoms with E-state index in [0.29, 0.717) is 12.8 Å². The van der Waals surface area contributed by atoms with Crippen molar-refractivity contribution in [3.05, 3.63) is 0 Å². The summed E-state index contributed by atoms with van der Waals surface area (Å²) in [6.45, 7) is 3.67. The summed E-state index contributed by atoms with van der Waals surface area (Å²) in [5.41, 5.74) is -1.36. The quantitative estimate of drug-likeness (QED) is 0.608. The number of aliphatic hydroxyl groups is 1. The fraction of sp³-hybridized carbons (Fsp3) is 0.889. The Morgan fingerprint density at radius 3 is 2.31 bits per heavy atom. The number of esters is 1. The van der Waals surface area contributed by atoms with Crippen molar-refractivity contribution in [2.75, 3.05) is 7.11 Å². The van der Waals surface area contributed by atoms with Crippen LogP contribution >= 0.6 is 0 Å². The molecule has 1 rings (SSSR count). The Labute approximate surface area is 77.8 Å². The van der Waals surface area contributed by atoms with Gasteiger partial charge in [0.1, 0.15) is 0 Å². The van der Waals surface area contributed by atoms with Gasteiger partial charge in [0.05, 0.1) is 19.3 Å². The van der Waals surface area contributed by atoms with Crippen molar-refractivity contribution in [1.82, 2.24) is 0 Å². The molecule has 76 valence electrons. The normalized spacial score (nSPS) is 40.0. The van der Waals surface area contributed by atoms with Crippen molar-refractivity contribution in [3.63, 3.8) is 0 Å². The van der Waals surface area contributed by atoms with Gasteiger partial charge < -0.3 is 14.6 Å². The number of hydrogen-bond acceptors (Lipinski definition) is 4. The van der Waals surface area contributed by atoms with Gasteiger partial charge in [0.2, 0.25) is 0 Å². The molecule has 0 aromatic carbocycles. The molecule has 1 saturated heterocycles. The van der Waals surface area contributed by atoms with Crippen molar-refractivity contribution in [3.8, 4) is 0 Å². The molecule has 1 aliphatic rings. The standard InChI is InChI=1S/C9H16O4/c1-6-4-9(11,8(10)12-3)5-7(2)13-6/h6-7,11H,4-5H2,1-3H3. The molecule has 4 nitrogen and oxygen atoms in total. The van der Waals surface area contributed by atoms with Crippen molar-refractivity contribution in [1.29, 1.82) is 0 Å². The number of methoxy groups -OCH3 is 1. The number of carbonyl (C=O) groups excluding carboxylic acids is 1. The Morgan fingerprint density at radius 1 is 1.46 bits per heavy atom. The molecule has 1 heterocycles. The average molecular weight is 188 g/mol. The zero-order valence-electron chi connectivity index (χ0n) is 8.24. The van der Waals surface area contributed by atoms with E-state index >= 15 is 0 Å². The number of carbonyl (C=O) groups is 1. The second-order valence-corrected chi connectivity index (χ2v) is 3.69. The van der Waals surface area contributed by atoms with Gasteiger partial charge in [-0.25, -0.2) is 4.79 Å². The summed E-state index contributed by atoms with van der Waals surface area (Å²) in [6.07, 6.45) is 0.411. The van der Waals surface area contributed by atoms with E-state index in [1.807, 2.05) is 13.8 Å². The third-order valence-corrected chi connectivity index (χ3v) is 2.28. The molecule has 2 atom stereocenters. The Morgan fingerprint density at radius 2 is 1.92 bits per heavy atom. The molecule has 0 amide bonds. The highest BCUT2D eigenvalue weighted by molar-refractivity contribution is 5.79. The molecule has 0 spiro atoms. The van der Waals surface area contributed by atoms with Gasteiger partial charge in [-0.2, -0.15) is 0 Å². The Balaban J connectivity index is 2.71. The maximum absolute atomic E-state index is 11.3. The molecule has 4 heteroatoms. The first kappa shape index (κ1) is 10.5. The van der Waals surface area contributed by atoms with Crippen LogP contribution in [0.15, 0.2) is 0 Å². The van der Waals surface area contributed by atoms with Crippen LogP contribution in [-0.4, -0.2) is 36.0 Å². The predicted octanol–water partition coefficient (Wildman–Crippen LogP) is 0.478. The van der Waals surface area contributed by atoms with Gasteiger partial charge in [-0.15, -0.1) is 0 Å². The van der Waals surface area contributed by atoms with Gasteiger partial charge in [-0.1, -0.05) is 0 Å². The summed E-state index contributed by atoms with van der Waals surface area (Å²) in [6, 6.07) is 0. The lowest BCUT2D eigenvalue weighted by molar-refractivity contribution is -0.184. The third-order valence-electron chi connectivity index (χ3n) is 2.28. The molecular weight excluding hydrogens is 172 g/mol. The van der Waals surface area contributed by atoms with Crippen molar-refractivity contribution in [2.24, 2.45) is 0 Å². The molecule has 0 aromatic heterocycles. The van der Waals surface area contributed by atoms with Crippen LogP contribution in [0.4, 0.5) is 0 Å². The average Bonchev–Trinajstić information content (AvgIpc) is 2.00. The molecule has 1 fully saturated rings. The minimum atomic E-state index is -1.36. The topological polar surface area (TPSA) is 55.8 Å². The van der Waals surface area contributed by atoms with E-state index in [9.17, 15) is 9.90 Å². The third kappa shape index (κ3) is 2.19. The molecule has 1 aliphatic heterocycles. The van der Waals surface area contributed by atoms with Gasteiger partial charge in [0.25, 0.3) is 0 Å². The smallest absolute Gasteiger partial charge is 0.338 e. The molecule has 0 bridgehead atoms. The molecule has 2 unspecified atom stereocenters. The monoisotopic (exact) mass is 188 g/mol. The van der Waals surface area contributed by atoms with Crippen molar-refractivity contribution >= 4 is 5.97 Å². The SMILES string of the molecule is COC(=O)C1(O)CC(C)OC(C)C1. The first-order chi connectivity index (χ1) is 5.98. The minimum absolute atomic E-state index is 0.104. The van der Waals surface area contributed by atoms with Gasteiger partial charge in [-0.05, 0) is 13.8 Å². The van der Waals surface area contributed by atoms with E-state index in [4.69, 9.17) is 4.74 Å². The van der Waals surface area contributed by atoms with E-state index in [-0.39, 0.29) is 12.2 Å². The van der Waals surface area contributed by atoms with E-state index in [0.717, 1.165) is 0 Å². The maximum Gasteiger partial charge on any atom is 0.338 e. The van der Waals surface area contributed by atoms with Gasteiger partial charge >= 0.3 is 5.97 Å². The largest absolute Gasteiger partial charge is 0.467 e. The fourth-order valence-electron chi connectivity index (χ4n) is 1.88. The van der Waals surface area contributed by atoms with Gasteiger partial charge in [-0.3, -0.25) is 0 Å². The number of hydrogen-bond donors (Lipinski definition) is 1. The molecule has 0 aliphatic carbocycles. The summed E-state index contributed by atoms with van der Waals surface area (Å²) in [5.74, 6) is -0.561. The molecular formula is C9H16O4. The molecule has 0 radical (unpaired) electrons. The molecule has 1 N–H and O–H groups in total. The summed E-state index contributed by atoms with van der Waals surface area (Å²) in [5, 5.41) is 9.93. The van der Waals surface area contributed by atoms with E-state index in [1.165, 1.54) is 7.11 Å². The minimum Gasteiger partial charge on any atom is -0.467 e. The van der Waals surface area contributed by atoms with Crippen LogP contribution in [0, 0.1) is 0 Å². The summed E-state index contributed by atoms with van der Waals surface area (Å²) in [4.78, 5) is 11.3. The second kappa shape index (κ2) is 3.64. The lowest BCUT2D eigenvalue weighted by atomic mass is 9.88. The van der Waals surface area contributed by atoms with Crippen LogP contribution < -0.4 is 0 Å². The highest BCUT2D eigenvalue weighted by atomic mass is 16.5.